The van der Waals surface area contributed by atoms with Crippen molar-refractivity contribution < 1.29 is 4.74 Å². The third kappa shape index (κ3) is 4.74. The molecule has 0 saturated carbocycles. The van der Waals surface area contributed by atoms with Gasteiger partial charge < -0.3 is 9.64 Å². The fourth-order valence-electron chi connectivity index (χ4n) is 9.55. The Labute approximate surface area is 322 Å². The van der Waals surface area contributed by atoms with Crippen molar-refractivity contribution >= 4 is 11.4 Å². The Balaban J connectivity index is 1.28. The number of ether oxygens (including phenoxy) is 1. The van der Waals surface area contributed by atoms with Gasteiger partial charge in [0.05, 0.1) is 16.8 Å². The molecule has 11 rings (SSSR count). The van der Waals surface area contributed by atoms with Crippen LogP contribution in [0.2, 0.25) is 0 Å². The minimum Gasteiger partial charge on any atom is -0.457 e. The number of benzene rings is 7. The van der Waals surface area contributed by atoms with Crippen molar-refractivity contribution in [2.75, 3.05) is 4.90 Å². The second-order valence-electron chi connectivity index (χ2n) is 14.7. The van der Waals surface area contributed by atoms with Crippen molar-refractivity contribution in [3.63, 3.8) is 0 Å². The van der Waals surface area contributed by atoms with Gasteiger partial charge >= 0.3 is 0 Å². The Morgan fingerprint density at radius 2 is 1.16 bits per heavy atom. The summed E-state index contributed by atoms with van der Waals surface area (Å²) in [6.45, 7) is 0. The second kappa shape index (κ2) is 12.6. The van der Waals surface area contributed by atoms with Gasteiger partial charge in [-0.1, -0.05) is 170 Å². The summed E-state index contributed by atoms with van der Waals surface area (Å²) in [4.78, 5) is 2.56. The largest absolute Gasteiger partial charge is 0.457 e. The van der Waals surface area contributed by atoms with Crippen LogP contribution in [0.5, 0.6) is 11.5 Å². The highest BCUT2D eigenvalue weighted by Gasteiger charge is 2.53. The zero-order valence-electron chi connectivity index (χ0n) is 30.3. The maximum atomic E-state index is 6.88. The maximum absolute atomic E-state index is 6.88. The predicted molar refractivity (Wildman–Crippen MR) is 226 cm³/mol. The normalized spacial score (nSPS) is 18.2. The Hall–Kier alpha value is -6.90. The van der Waals surface area contributed by atoms with Crippen LogP contribution in [0, 0.1) is 5.92 Å². The molecule has 0 amide bonds. The van der Waals surface area contributed by atoms with Crippen molar-refractivity contribution in [1.82, 2.24) is 0 Å². The molecule has 260 valence electrons. The molecule has 1 aliphatic heterocycles. The summed E-state index contributed by atoms with van der Waals surface area (Å²) in [5.41, 5.74) is 16.2. The summed E-state index contributed by atoms with van der Waals surface area (Å²) in [7, 11) is 0. The van der Waals surface area contributed by atoms with Crippen molar-refractivity contribution in [2.24, 2.45) is 5.92 Å². The maximum Gasteiger partial charge on any atom is 0.132 e. The highest BCUT2D eigenvalue weighted by atomic mass is 16.5. The lowest BCUT2D eigenvalue weighted by Crippen LogP contribution is -2.34. The molecule has 55 heavy (non-hydrogen) atoms. The van der Waals surface area contributed by atoms with Gasteiger partial charge in [-0.2, -0.15) is 0 Å². The van der Waals surface area contributed by atoms with Crippen LogP contribution in [0.15, 0.2) is 218 Å². The number of para-hydroxylation sites is 2. The van der Waals surface area contributed by atoms with E-state index in [0.29, 0.717) is 5.92 Å². The minimum absolute atomic E-state index is 0.303. The van der Waals surface area contributed by atoms with Crippen LogP contribution in [-0.2, 0) is 5.41 Å². The van der Waals surface area contributed by atoms with Crippen molar-refractivity contribution in [2.45, 2.75) is 11.8 Å². The van der Waals surface area contributed by atoms with Crippen LogP contribution in [-0.4, -0.2) is 0 Å². The molecule has 0 aromatic heterocycles. The summed E-state index contributed by atoms with van der Waals surface area (Å²) in [5, 5.41) is 0. The number of hydrogen-bond donors (Lipinski definition) is 0. The topological polar surface area (TPSA) is 12.5 Å². The SMILES string of the molecule is C1=CC2=C(N(c3ccccc3-c3ccccc3)c3cccc4c3C3(c5ccccc5Oc5ccc(-c6ccccc6)cc53)c3ccccc3-4)C=CCC2C=C1. The van der Waals surface area contributed by atoms with E-state index >= 15 is 0 Å². The number of fused-ring (bicyclic) bond motifs is 10. The van der Waals surface area contributed by atoms with Gasteiger partial charge in [0, 0.05) is 33.9 Å². The highest BCUT2D eigenvalue weighted by Crippen LogP contribution is 2.65. The lowest BCUT2D eigenvalue weighted by molar-refractivity contribution is 0.436. The molecule has 7 aromatic carbocycles. The molecule has 0 bridgehead atoms. The van der Waals surface area contributed by atoms with Gasteiger partial charge in [-0.15, -0.1) is 0 Å². The fraction of sp³-hybridized carbons (Fsp3) is 0.0566. The van der Waals surface area contributed by atoms with E-state index in [9.17, 15) is 0 Å². The summed E-state index contributed by atoms with van der Waals surface area (Å²) < 4.78 is 6.88. The molecular weight excluding hydrogens is 667 g/mol. The smallest absolute Gasteiger partial charge is 0.132 e. The van der Waals surface area contributed by atoms with Crippen LogP contribution in [0.1, 0.15) is 28.7 Å². The minimum atomic E-state index is -0.678. The molecule has 1 heterocycles. The number of nitrogens with zero attached hydrogens (tertiary/aromatic N) is 1. The third-order valence-corrected chi connectivity index (χ3v) is 11.8. The van der Waals surface area contributed by atoms with Gasteiger partial charge in [0.2, 0.25) is 0 Å². The lowest BCUT2D eigenvalue weighted by atomic mass is 9.65. The summed E-state index contributed by atoms with van der Waals surface area (Å²) in [5.74, 6) is 2.07. The van der Waals surface area contributed by atoms with Crippen LogP contribution in [0.4, 0.5) is 11.4 Å². The first kappa shape index (κ1) is 31.6. The summed E-state index contributed by atoms with van der Waals surface area (Å²) in [6, 6.07) is 61.8. The number of anilines is 2. The van der Waals surface area contributed by atoms with E-state index < -0.39 is 5.41 Å². The Bertz CT molecular complexity index is 2770. The van der Waals surface area contributed by atoms with Gasteiger partial charge in [-0.05, 0) is 81.8 Å². The molecule has 1 spiro atoms. The zero-order valence-corrected chi connectivity index (χ0v) is 30.3. The van der Waals surface area contributed by atoms with E-state index in [1.165, 1.54) is 55.8 Å². The first-order valence-electron chi connectivity index (χ1n) is 19.2. The average molecular weight is 704 g/mol. The molecule has 0 radical (unpaired) electrons. The van der Waals surface area contributed by atoms with E-state index in [1.54, 1.807) is 0 Å². The molecule has 3 aliphatic carbocycles. The summed E-state index contributed by atoms with van der Waals surface area (Å²) >= 11 is 0. The molecule has 2 heteroatoms. The third-order valence-electron chi connectivity index (χ3n) is 11.8. The Morgan fingerprint density at radius 1 is 0.491 bits per heavy atom. The molecule has 0 fully saturated rings. The number of hydrogen-bond acceptors (Lipinski definition) is 2. The van der Waals surface area contributed by atoms with Gasteiger partial charge in [0.1, 0.15) is 11.5 Å². The molecule has 0 saturated heterocycles. The fourth-order valence-corrected chi connectivity index (χ4v) is 9.55. The van der Waals surface area contributed by atoms with Crippen molar-refractivity contribution in [3.05, 3.63) is 240 Å². The van der Waals surface area contributed by atoms with Crippen molar-refractivity contribution in [1.29, 1.82) is 0 Å². The second-order valence-corrected chi connectivity index (χ2v) is 14.7. The van der Waals surface area contributed by atoms with E-state index in [4.69, 9.17) is 4.74 Å². The van der Waals surface area contributed by atoms with Crippen LogP contribution >= 0.6 is 0 Å². The van der Waals surface area contributed by atoms with E-state index in [1.807, 2.05) is 0 Å². The van der Waals surface area contributed by atoms with Crippen LogP contribution < -0.4 is 9.64 Å². The lowest BCUT2D eigenvalue weighted by Gasteiger charge is -2.42. The standard InChI is InChI=1S/C53H37NO/c1-3-17-36(18-4-1)39-33-34-51-46(35-39)53(45-28-12-14-32-50(45)55-51)44-27-11-9-25-42(44)43-26-16-31-49(52(43)53)54(48-30-15-22-38-21-7-8-23-41(38)48)47-29-13-10-24-40(47)37-19-5-2-6-20-37/h1-21,23-35,38H,22H2. The highest BCUT2D eigenvalue weighted by molar-refractivity contribution is 5.97. The molecule has 4 aliphatic rings. The first-order chi connectivity index (χ1) is 27.3. The molecular formula is C53H37NO. The molecule has 2 nitrogen and oxygen atoms in total. The number of allylic oxidation sites excluding steroid dienone is 7. The van der Waals surface area contributed by atoms with E-state index in [2.05, 4.69) is 211 Å². The Kier molecular flexibility index (Phi) is 7.25. The monoisotopic (exact) mass is 703 g/mol. The zero-order chi connectivity index (χ0) is 36.3. The predicted octanol–water partition coefficient (Wildman–Crippen LogP) is 13.6. The van der Waals surface area contributed by atoms with Gasteiger partial charge in [0.15, 0.2) is 0 Å². The quantitative estimate of drug-likeness (QED) is 0.177. The van der Waals surface area contributed by atoms with E-state index in [0.717, 1.165) is 40.4 Å². The molecule has 0 N–H and O–H groups in total. The van der Waals surface area contributed by atoms with Crippen molar-refractivity contribution in [3.8, 4) is 44.9 Å². The molecule has 2 unspecified atom stereocenters. The average Bonchev–Trinajstić information content (AvgIpc) is 3.56. The van der Waals surface area contributed by atoms with E-state index in [-0.39, 0.29) is 0 Å². The molecule has 7 aromatic rings. The molecule has 2 atom stereocenters. The van der Waals surface area contributed by atoms with Gasteiger partial charge in [-0.25, -0.2) is 0 Å². The van der Waals surface area contributed by atoms with Gasteiger partial charge in [0.25, 0.3) is 0 Å². The number of rotatable bonds is 5. The Morgan fingerprint density at radius 3 is 2.02 bits per heavy atom. The van der Waals surface area contributed by atoms with Crippen LogP contribution in [0.3, 0.4) is 0 Å². The summed E-state index contributed by atoms with van der Waals surface area (Å²) in [6.07, 6.45) is 14.7. The van der Waals surface area contributed by atoms with Gasteiger partial charge in [-0.3, -0.25) is 0 Å². The first-order valence-corrected chi connectivity index (χ1v) is 19.2. The van der Waals surface area contributed by atoms with Crippen LogP contribution in [0.25, 0.3) is 33.4 Å².